The molecule has 0 amide bonds. The Bertz CT molecular complexity index is 644. The Morgan fingerprint density at radius 2 is 1.96 bits per heavy atom. The first-order valence-corrected chi connectivity index (χ1v) is 8.24. The smallest absolute Gasteiger partial charge is 0.407 e. The molecule has 3 rings (SSSR count). The maximum Gasteiger partial charge on any atom is 0.407 e. The molecule has 3 aliphatic rings. The average molecular weight is 380 g/mol. The zero-order valence-corrected chi connectivity index (χ0v) is 14.4. The van der Waals surface area contributed by atoms with E-state index in [1.54, 1.807) is 20.8 Å². The summed E-state index contributed by atoms with van der Waals surface area (Å²) in [5.74, 6) is -2.94. The van der Waals surface area contributed by atoms with Gasteiger partial charge >= 0.3 is 24.1 Å². The third-order valence-electron chi connectivity index (χ3n) is 5.46. The Morgan fingerprint density at radius 1 is 1.31 bits per heavy atom. The van der Waals surface area contributed by atoms with Crippen molar-refractivity contribution in [3.63, 3.8) is 0 Å². The number of carbonyl (C=O) groups is 3. The van der Waals surface area contributed by atoms with Crippen LogP contribution in [0.3, 0.4) is 0 Å². The van der Waals surface area contributed by atoms with Crippen molar-refractivity contribution in [3.8, 4) is 0 Å². The van der Waals surface area contributed by atoms with Gasteiger partial charge in [0.1, 0.15) is 12.2 Å². The molecule has 5 unspecified atom stereocenters. The molecule has 10 heteroatoms. The molecule has 0 aliphatic carbocycles. The lowest BCUT2D eigenvalue weighted by atomic mass is 9.73. The van der Waals surface area contributed by atoms with E-state index in [1.165, 1.54) is 0 Å². The van der Waals surface area contributed by atoms with E-state index in [1.807, 2.05) is 0 Å². The SMILES string of the molecule is CCC(C)(C)C(=O)OCC(=O)OC1C2CC3(C(F)(F)F)C(=O)OC1C3O2. The molecule has 5 atom stereocenters. The van der Waals surface area contributed by atoms with Gasteiger partial charge in [-0.1, -0.05) is 6.92 Å². The number of rotatable bonds is 5. The highest BCUT2D eigenvalue weighted by Gasteiger charge is 2.82. The van der Waals surface area contributed by atoms with Crippen LogP contribution in [-0.2, 0) is 33.3 Å². The summed E-state index contributed by atoms with van der Waals surface area (Å²) in [6, 6.07) is 0. The van der Waals surface area contributed by atoms with E-state index in [9.17, 15) is 27.6 Å². The molecule has 0 aromatic carbocycles. The molecule has 7 nitrogen and oxygen atoms in total. The average Bonchev–Trinajstić information content (AvgIpc) is 3.14. The zero-order valence-electron chi connectivity index (χ0n) is 14.4. The molecule has 0 N–H and O–H groups in total. The van der Waals surface area contributed by atoms with E-state index >= 15 is 0 Å². The summed E-state index contributed by atoms with van der Waals surface area (Å²) in [6.45, 7) is 4.41. The number of alkyl halides is 3. The predicted octanol–water partition coefficient (Wildman–Crippen LogP) is 1.52. The van der Waals surface area contributed by atoms with Crippen LogP contribution in [0.15, 0.2) is 0 Å². The molecule has 0 saturated carbocycles. The predicted molar refractivity (Wildman–Crippen MR) is 76.6 cm³/mol. The number of hydrogen-bond acceptors (Lipinski definition) is 7. The van der Waals surface area contributed by atoms with Crippen molar-refractivity contribution >= 4 is 17.9 Å². The summed E-state index contributed by atoms with van der Waals surface area (Å²) >= 11 is 0. The maximum absolute atomic E-state index is 13.3. The summed E-state index contributed by atoms with van der Waals surface area (Å²) in [4.78, 5) is 35.6. The van der Waals surface area contributed by atoms with E-state index in [2.05, 4.69) is 0 Å². The van der Waals surface area contributed by atoms with E-state index in [0.717, 1.165) is 0 Å². The van der Waals surface area contributed by atoms with E-state index in [-0.39, 0.29) is 0 Å². The minimum Gasteiger partial charge on any atom is -0.455 e. The van der Waals surface area contributed by atoms with Crippen LogP contribution in [0.1, 0.15) is 33.6 Å². The maximum atomic E-state index is 13.3. The van der Waals surface area contributed by atoms with Crippen LogP contribution in [-0.4, -0.2) is 55.1 Å². The van der Waals surface area contributed by atoms with Crippen molar-refractivity contribution in [2.24, 2.45) is 10.8 Å². The standard InChI is InChI=1S/C16H19F3O7/c1-4-14(2,3)12(21)23-6-8(20)25-9-7-5-15(16(17,18)19)11(24-7)10(9)26-13(15)22/h7,9-11H,4-6H2,1-3H3. The van der Waals surface area contributed by atoms with Gasteiger partial charge < -0.3 is 18.9 Å². The van der Waals surface area contributed by atoms with Crippen molar-refractivity contribution in [2.75, 3.05) is 6.61 Å². The summed E-state index contributed by atoms with van der Waals surface area (Å²) in [5.41, 5.74) is -3.47. The van der Waals surface area contributed by atoms with Gasteiger partial charge in [0.2, 0.25) is 0 Å². The lowest BCUT2D eigenvalue weighted by molar-refractivity contribution is -0.228. The molecule has 3 heterocycles. The molecule has 146 valence electrons. The van der Waals surface area contributed by atoms with Crippen LogP contribution in [0.4, 0.5) is 13.2 Å². The Labute approximate surface area is 147 Å². The fourth-order valence-corrected chi connectivity index (χ4v) is 3.46. The largest absolute Gasteiger partial charge is 0.455 e. The lowest BCUT2D eigenvalue weighted by Crippen LogP contribution is -2.52. The lowest BCUT2D eigenvalue weighted by Gasteiger charge is -2.30. The third kappa shape index (κ3) is 2.57. The molecule has 3 aliphatic heterocycles. The second-order valence-corrected chi connectivity index (χ2v) is 7.41. The highest BCUT2D eigenvalue weighted by Crippen LogP contribution is 2.61. The summed E-state index contributed by atoms with van der Waals surface area (Å²) in [6.07, 6.45) is -10.0. The van der Waals surface area contributed by atoms with Crippen molar-refractivity contribution in [1.29, 1.82) is 0 Å². The van der Waals surface area contributed by atoms with Crippen molar-refractivity contribution in [2.45, 2.75) is 64.2 Å². The van der Waals surface area contributed by atoms with Crippen LogP contribution in [0.2, 0.25) is 0 Å². The quantitative estimate of drug-likeness (QED) is 0.528. The van der Waals surface area contributed by atoms with Gasteiger partial charge in [0.05, 0.1) is 5.41 Å². The summed E-state index contributed by atoms with van der Waals surface area (Å²) in [7, 11) is 0. The van der Waals surface area contributed by atoms with Crippen LogP contribution >= 0.6 is 0 Å². The van der Waals surface area contributed by atoms with Gasteiger partial charge in [-0.25, -0.2) is 4.79 Å². The van der Waals surface area contributed by atoms with Gasteiger partial charge in [-0.15, -0.1) is 0 Å². The third-order valence-corrected chi connectivity index (χ3v) is 5.46. The first-order chi connectivity index (χ1) is 11.9. The van der Waals surface area contributed by atoms with Gasteiger partial charge in [0.15, 0.2) is 24.2 Å². The molecule has 0 aromatic heterocycles. The number of carbonyl (C=O) groups excluding carboxylic acids is 3. The van der Waals surface area contributed by atoms with Gasteiger partial charge in [-0.3, -0.25) is 9.59 Å². The second-order valence-electron chi connectivity index (χ2n) is 7.41. The molecule has 0 spiro atoms. The monoisotopic (exact) mass is 380 g/mol. The van der Waals surface area contributed by atoms with Crippen LogP contribution in [0, 0.1) is 10.8 Å². The van der Waals surface area contributed by atoms with E-state index in [4.69, 9.17) is 18.9 Å². The molecular formula is C16H19F3O7. The Morgan fingerprint density at radius 3 is 2.54 bits per heavy atom. The summed E-state index contributed by atoms with van der Waals surface area (Å²) < 4.78 is 60.1. The fraction of sp³-hybridized carbons (Fsp3) is 0.812. The normalized spacial score (nSPS) is 35.4. The van der Waals surface area contributed by atoms with Gasteiger partial charge in [-0.2, -0.15) is 13.2 Å². The topological polar surface area (TPSA) is 88.1 Å². The molecular weight excluding hydrogens is 361 g/mol. The van der Waals surface area contributed by atoms with Crippen molar-refractivity contribution in [1.82, 2.24) is 0 Å². The highest BCUT2D eigenvalue weighted by atomic mass is 19.4. The van der Waals surface area contributed by atoms with Crippen LogP contribution < -0.4 is 0 Å². The van der Waals surface area contributed by atoms with E-state index in [0.29, 0.717) is 6.42 Å². The molecule has 2 bridgehead atoms. The number of fused-ring (bicyclic) bond motifs is 1. The highest BCUT2D eigenvalue weighted by molar-refractivity contribution is 5.83. The fourth-order valence-electron chi connectivity index (χ4n) is 3.46. The minimum absolute atomic E-state index is 0.499. The number of esters is 3. The second kappa shape index (κ2) is 5.83. The Balaban J connectivity index is 1.62. The number of ether oxygens (including phenoxy) is 4. The number of halogens is 3. The first-order valence-electron chi connectivity index (χ1n) is 8.24. The van der Waals surface area contributed by atoms with Gasteiger partial charge in [-0.05, 0) is 20.3 Å². The number of hydrogen-bond donors (Lipinski definition) is 0. The Hall–Kier alpha value is -1.84. The van der Waals surface area contributed by atoms with Crippen molar-refractivity contribution in [3.05, 3.63) is 0 Å². The first kappa shape index (κ1) is 18.9. The van der Waals surface area contributed by atoms with Crippen molar-refractivity contribution < 1.29 is 46.5 Å². The van der Waals surface area contributed by atoms with Crippen LogP contribution in [0.5, 0.6) is 0 Å². The zero-order chi connectivity index (χ0) is 19.5. The molecule has 0 radical (unpaired) electrons. The van der Waals surface area contributed by atoms with Gasteiger partial charge in [0.25, 0.3) is 0 Å². The molecule has 3 fully saturated rings. The Kier molecular flexibility index (Phi) is 4.25. The molecule has 0 aromatic rings. The van der Waals surface area contributed by atoms with Crippen LogP contribution in [0.25, 0.3) is 0 Å². The molecule has 3 saturated heterocycles. The molecule has 26 heavy (non-hydrogen) atoms. The minimum atomic E-state index is -4.81. The van der Waals surface area contributed by atoms with Gasteiger partial charge in [0, 0.05) is 6.42 Å². The summed E-state index contributed by atoms with van der Waals surface area (Å²) in [5, 5.41) is 0. The van der Waals surface area contributed by atoms with E-state index < -0.39 is 72.4 Å².